The van der Waals surface area contributed by atoms with Crippen LogP contribution in [0, 0.1) is 5.41 Å². The number of aliphatic hydroxyl groups is 3. The van der Waals surface area contributed by atoms with Crippen molar-refractivity contribution in [2.24, 2.45) is 5.41 Å². The zero-order chi connectivity index (χ0) is 26.5. The molecule has 0 spiro atoms. The van der Waals surface area contributed by atoms with Gasteiger partial charge >= 0.3 is 11.9 Å². The van der Waals surface area contributed by atoms with Gasteiger partial charge in [-0.25, -0.2) is 9.59 Å². The minimum atomic E-state index is -1.87. The Morgan fingerprint density at radius 3 is 2.34 bits per heavy atom. The second-order valence-electron chi connectivity index (χ2n) is 9.51. The molecule has 1 aliphatic carbocycles. The van der Waals surface area contributed by atoms with Crippen LogP contribution in [0.5, 0.6) is 0 Å². The molecule has 0 bridgehead atoms. The fourth-order valence-electron chi connectivity index (χ4n) is 3.91. The Hall–Kier alpha value is -2.85. The summed E-state index contributed by atoms with van der Waals surface area (Å²) in [6.45, 7) is 9.64. The molecule has 1 unspecified atom stereocenters. The lowest BCUT2D eigenvalue weighted by atomic mass is 9.72. The number of esters is 1. The number of rotatable bonds is 7. The van der Waals surface area contributed by atoms with Crippen molar-refractivity contribution in [3.63, 3.8) is 0 Å². The summed E-state index contributed by atoms with van der Waals surface area (Å²) in [4.78, 5) is 35.3. The molecule has 2 aliphatic rings. The summed E-state index contributed by atoms with van der Waals surface area (Å²) >= 11 is 0. The predicted molar refractivity (Wildman–Crippen MR) is 127 cm³/mol. The predicted octanol–water partition coefficient (Wildman–Crippen LogP) is 2.13. The molecule has 0 amide bonds. The lowest BCUT2D eigenvalue weighted by Crippen LogP contribution is -2.60. The van der Waals surface area contributed by atoms with E-state index in [4.69, 9.17) is 14.6 Å². The number of hydrogen-bond acceptors (Lipinski definition) is 8. The molecule has 0 radical (unpaired) electrons. The van der Waals surface area contributed by atoms with Crippen LogP contribution in [0.4, 0.5) is 0 Å². The van der Waals surface area contributed by atoms with Crippen LogP contribution in [0.25, 0.3) is 0 Å². The SMILES string of the molecule is CC1=C(/C=C/C(C)=C/C=C/C(C)=C/C(=O)O[C@@H]2OC(C(=O)O)[C@@H](O)[C@@H](O)[C@H]2O)C(C)(C)CCC1=O. The molecule has 35 heavy (non-hydrogen) atoms. The van der Waals surface area contributed by atoms with Gasteiger partial charge in [-0.1, -0.05) is 49.8 Å². The largest absolute Gasteiger partial charge is 0.479 e. The van der Waals surface area contributed by atoms with Crippen LogP contribution in [0.3, 0.4) is 0 Å². The third kappa shape index (κ3) is 7.32. The second-order valence-corrected chi connectivity index (χ2v) is 9.51. The molecule has 5 atom stereocenters. The fraction of sp³-hybridized carbons (Fsp3) is 0.500. The lowest BCUT2D eigenvalue weighted by Gasteiger charge is -2.37. The molecule has 4 N–H and O–H groups in total. The molecule has 0 aromatic carbocycles. The number of ether oxygens (including phenoxy) is 2. The van der Waals surface area contributed by atoms with Gasteiger partial charge in [0.1, 0.15) is 18.3 Å². The number of hydrogen-bond donors (Lipinski definition) is 4. The van der Waals surface area contributed by atoms with Crippen LogP contribution in [0.1, 0.15) is 47.5 Å². The Labute approximate surface area is 204 Å². The highest BCUT2D eigenvalue weighted by Gasteiger charge is 2.48. The average molecular weight is 491 g/mol. The van der Waals surface area contributed by atoms with Gasteiger partial charge in [0.25, 0.3) is 0 Å². The molecule has 1 aliphatic heterocycles. The van der Waals surface area contributed by atoms with Crippen molar-refractivity contribution in [3.05, 3.63) is 58.7 Å². The van der Waals surface area contributed by atoms with Gasteiger partial charge in [0.15, 0.2) is 11.9 Å². The molecule has 1 heterocycles. The van der Waals surface area contributed by atoms with Crippen LogP contribution in [-0.4, -0.2) is 68.9 Å². The first-order valence-corrected chi connectivity index (χ1v) is 11.3. The highest BCUT2D eigenvalue weighted by atomic mass is 16.7. The van der Waals surface area contributed by atoms with Crippen molar-refractivity contribution in [3.8, 4) is 0 Å². The van der Waals surface area contributed by atoms with E-state index in [1.165, 1.54) is 0 Å². The average Bonchev–Trinajstić information content (AvgIpc) is 2.76. The summed E-state index contributed by atoms with van der Waals surface area (Å²) in [5, 5.41) is 38.4. The first-order valence-electron chi connectivity index (χ1n) is 11.3. The zero-order valence-electron chi connectivity index (χ0n) is 20.6. The number of carboxylic acids is 1. The van der Waals surface area contributed by atoms with Crippen LogP contribution in [-0.2, 0) is 23.9 Å². The standard InChI is InChI=1S/C26H34O9/c1-14(9-10-17-16(3)18(27)11-12-26(17,4)5)7-6-8-15(2)13-19(28)34-25-22(31)20(29)21(30)23(35-25)24(32)33/h6-10,13,20-23,25,29-31H,11-12H2,1-5H3,(H,32,33)/b8-6+,10-9+,14-7+,15-13+/t20-,21+,22-,23?,25-/m1/s1. The van der Waals surface area contributed by atoms with Gasteiger partial charge in [0.05, 0.1) is 0 Å². The maximum atomic E-state index is 12.2. The highest BCUT2D eigenvalue weighted by molar-refractivity contribution is 5.97. The Morgan fingerprint density at radius 1 is 1.06 bits per heavy atom. The molecule has 1 fully saturated rings. The van der Waals surface area contributed by atoms with Crippen LogP contribution in [0.15, 0.2) is 58.7 Å². The molecule has 9 heteroatoms. The second kappa shape index (κ2) is 11.7. The van der Waals surface area contributed by atoms with E-state index in [0.29, 0.717) is 12.0 Å². The normalized spacial score (nSPS) is 30.3. The Bertz CT molecular complexity index is 996. The molecule has 192 valence electrons. The summed E-state index contributed by atoms with van der Waals surface area (Å²) in [5.41, 5.74) is 3.18. The monoisotopic (exact) mass is 490 g/mol. The summed E-state index contributed by atoms with van der Waals surface area (Å²) in [5.74, 6) is -2.31. The fourth-order valence-corrected chi connectivity index (χ4v) is 3.91. The minimum absolute atomic E-state index is 0.0709. The molecular weight excluding hydrogens is 456 g/mol. The third-order valence-corrected chi connectivity index (χ3v) is 6.15. The minimum Gasteiger partial charge on any atom is -0.479 e. The molecule has 0 saturated carbocycles. The van der Waals surface area contributed by atoms with E-state index in [-0.39, 0.29) is 11.2 Å². The van der Waals surface area contributed by atoms with E-state index >= 15 is 0 Å². The van der Waals surface area contributed by atoms with E-state index in [1.807, 2.05) is 32.1 Å². The molecule has 2 rings (SSSR count). The van der Waals surface area contributed by atoms with Gasteiger partial charge in [0, 0.05) is 12.5 Å². The van der Waals surface area contributed by atoms with Crippen molar-refractivity contribution in [2.45, 2.75) is 78.2 Å². The van der Waals surface area contributed by atoms with Gasteiger partial charge in [0.2, 0.25) is 6.29 Å². The number of ketones is 1. The first kappa shape index (κ1) is 28.4. The number of allylic oxidation sites excluding steroid dienone is 9. The molecule has 0 aromatic rings. The van der Waals surface area contributed by atoms with Crippen LogP contribution >= 0.6 is 0 Å². The number of Topliss-reactive ketones (excluding diaryl/α,β-unsaturated/α-hetero) is 1. The lowest BCUT2D eigenvalue weighted by molar-refractivity contribution is -0.284. The van der Waals surface area contributed by atoms with Crippen molar-refractivity contribution in [1.29, 1.82) is 0 Å². The third-order valence-electron chi connectivity index (χ3n) is 6.15. The molecule has 9 nitrogen and oxygen atoms in total. The molecule has 1 saturated heterocycles. The number of carbonyl (C=O) groups is 3. The van der Waals surface area contributed by atoms with E-state index in [0.717, 1.165) is 29.2 Å². The Morgan fingerprint density at radius 2 is 1.71 bits per heavy atom. The van der Waals surface area contributed by atoms with Crippen molar-refractivity contribution in [1.82, 2.24) is 0 Å². The van der Waals surface area contributed by atoms with E-state index in [9.17, 15) is 29.7 Å². The zero-order valence-corrected chi connectivity index (χ0v) is 20.6. The number of aliphatic carboxylic acids is 1. The molecular formula is C26H34O9. The number of carboxylic acid groups (broad SMARTS) is 1. The van der Waals surface area contributed by atoms with Crippen molar-refractivity contribution < 1.29 is 44.3 Å². The van der Waals surface area contributed by atoms with Crippen LogP contribution < -0.4 is 0 Å². The van der Waals surface area contributed by atoms with Gasteiger partial charge in [-0.3, -0.25) is 4.79 Å². The maximum absolute atomic E-state index is 12.2. The molecule has 0 aromatic heterocycles. The van der Waals surface area contributed by atoms with Crippen molar-refractivity contribution in [2.75, 3.05) is 0 Å². The van der Waals surface area contributed by atoms with Crippen molar-refractivity contribution >= 4 is 17.7 Å². The van der Waals surface area contributed by atoms with Gasteiger partial charge in [-0.2, -0.15) is 0 Å². The smallest absolute Gasteiger partial charge is 0.335 e. The van der Waals surface area contributed by atoms with Gasteiger partial charge in [-0.15, -0.1) is 0 Å². The summed E-state index contributed by atoms with van der Waals surface area (Å²) in [6, 6.07) is 0. The van der Waals surface area contributed by atoms with Gasteiger partial charge < -0.3 is 29.9 Å². The maximum Gasteiger partial charge on any atom is 0.335 e. The summed E-state index contributed by atoms with van der Waals surface area (Å²) in [7, 11) is 0. The number of carbonyl (C=O) groups excluding carboxylic acids is 2. The summed E-state index contributed by atoms with van der Waals surface area (Å²) < 4.78 is 9.85. The topological polar surface area (TPSA) is 151 Å². The van der Waals surface area contributed by atoms with E-state index in [2.05, 4.69) is 13.8 Å². The Balaban J connectivity index is 2.01. The highest BCUT2D eigenvalue weighted by Crippen LogP contribution is 2.39. The van der Waals surface area contributed by atoms with Crippen LogP contribution in [0.2, 0.25) is 0 Å². The first-order chi connectivity index (χ1) is 16.2. The van der Waals surface area contributed by atoms with Gasteiger partial charge in [-0.05, 0) is 49.3 Å². The number of aliphatic hydroxyl groups excluding tert-OH is 3. The quantitative estimate of drug-likeness (QED) is 0.239. The Kier molecular flexibility index (Phi) is 9.51. The van der Waals surface area contributed by atoms with E-state index < -0.39 is 42.6 Å². The van der Waals surface area contributed by atoms with E-state index in [1.54, 1.807) is 19.1 Å². The summed E-state index contributed by atoms with van der Waals surface area (Å²) in [6.07, 6.45) is 2.45.